The highest BCUT2D eigenvalue weighted by atomic mass is 32.1. The van der Waals surface area contributed by atoms with Crippen LogP contribution in [0.1, 0.15) is 11.4 Å². The maximum absolute atomic E-state index is 11.9. The number of methoxy groups -OCH3 is 1. The van der Waals surface area contributed by atoms with E-state index in [1.807, 2.05) is 23.6 Å². The van der Waals surface area contributed by atoms with Crippen LogP contribution in [-0.2, 0) is 4.79 Å². The second-order valence-electron chi connectivity index (χ2n) is 5.72. The Kier molecular flexibility index (Phi) is 5.48. The number of hydrogen-bond acceptors (Lipinski definition) is 5. The molecule has 1 unspecified atom stereocenters. The van der Waals surface area contributed by atoms with Crippen molar-refractivity contribution in [3.63, 3.8) is 0 Å². The van der Waals surface area contributed by atoms with Gasteiger partial charge < -0.3 is 15.0 Å². The molecule has 0 spiro atoms. The molecule has 1 aromatic carbocycles. The molecule has 1 N–H and O–H groups in total. The Bertz CT molecular complexity index is 700. The minimum absolute atomic E-state index is 0.0686. The molecule has 0 radical (unpaired) electrons. The highest BCUT2D eigenvalue weighted by Gasteiger charge is 2.24. The molecule has 0 bridgehead atoms. The third kappa shape index (κ3) is 4.14. The van der Waals surface area contributed by atoms with Gasteiger partial charge in [-0.3, -0.25) is 4.79 Å². The lowest BCUT2D eigenvalue weighted by Gasteiger charge is -2.21. The number of nitrogens with zero attached hydrogens (tertiary/aromatic N) is 2. The molecule has 126 valence electrons. The van der Waals surface area contributed by atoms with Gasteiger partial charge in [-0.2, -0.15) is 0 Å². The standard InChI is InChI=1S/C18H21N3O2S/c1-23-16-5-3-2-4-15(16)21-10-8-14(13-21)12-20-17(22)6-7-18-19-9-11-24-18/h2-7,9,11,14H,8,10,12-13H2,1H3,(H,20,22)/b7-6+. The number of rotatable bonds is 6. The Morgan fingerprint density at radius 2 is 2.38 bits per heavy atom. The van der Waals surface area contributed by atoms with Gasteiger partial charge in [-0.15, -0.1) is 11.3 Å². The van der Waals surface area contributed by atoms with Crippen LogP contribution in [0.4, 0.5) is 5.69 Å². The van der Waals surface area contributed by atoms with Crippen LogP contribution in [0, 0.1) is 5.92 Å². The van der Waals surface area contributed by atoms with E-state index < -0.39 is 0 Å². The number of benzene rings is 1. The number of hydrogen-bond donors (Lipinski definition) is 1. The van der Waals surface area contributed by atoms with Gasteiger partial charge in [0.1, 0.15) is 10.8 Å². The van der Waals surface area contributed by atoms with Crippen LogP contribution in [0.2, 0.25) is 0 Å². The minimum atomic E-state index is -0.0686. The van der Waals surface area contributed by atoms with Crippen LogP contribution >= 0.6 is 11.3 Å². The van der Waals surface area contributed by atoms with E-state index in [1.165, 1.54) is 11.3 Å². The first-order valence-electron chi connectivity index (χ1n) is 7.99. The number of nitrogens with one attached hydrogen (secondary N) is 1. The summed E-state index contributed by atoms with van der Waals surface area (Å²) in [6.45, 7) is 2.60. The van der Waals surface area contributed by atoms with E-state index >= 15 is 0 Å². The molecule has 2 heterocycles. The maximum atomic E-state index is 11.9. The number of carbonyl (C=O) groups is 1. The molecule has 1 amide bonds. The molecule has 24 heavy (non-hydrogen) atoms. The van der Waals surface area contributed by atoms with E-state index in [2.05, 4.69) is 21.3 Å². The van der Waals surface area contributed by atoms with Crippen molar-refractivity contribution < 1.29 is 9.53 Å². The fraction of sp³-hybridized carbons (Fsp3) is 0.333. The van der Waals surface area contributed by atoms with Crippen molar-refractivity contribution in [3.8, 4) is 5.75 Å². The molecule has 0 saturated carbocycles. The molecular formula is C18H21N3O2S. The van der Waals surface area contributed by atoms with Gasteiger partial charge >= 0.3 is 0 Å². The minimum Gasteiger partial charge on any atom is -0.495 e. The summed E-state index contributed by atoms with van der Waals surface area (Å²) in [5, 5.41) is 5.71. The van der Waals surface area contributed by atoms with Crippen molar-refractivity contribution in [2.24, 2.45) is 5.92 Å². The van der Waals surface area contributed by atoms with Gasteiger partial charge in [0.05, 0.1) is 12.8 Å². The van der Waals surface area contributed by atoms with Crippen LogP contribution < -0.4 is 15.0 Å². The lowest BCUT2D eigenvalue weighted by molar-refractivity contribution is -0.116. The van der Waals surface area contributed by atoms with Crippen LogP contribution in [0.3, 0.4) is 0 Å². The van der Waals surface area contributed by atoms with Gasteiger partial charge in [0.15, 0.2) is 0 Å². The zero-order valence-corrected chi connectivity index (χ0v) is 14.5. The maximum Gasteiger partial charge on any atom is 0.244 e. The van der Waals surface area contributed by atoms with Gasteiger partial charge in [0.2, 0.25) is 5.91 Å². The second-order valence-corrected chi connectivity index (χ2v) is 6.65. The van der Waals surface area contributed by atoms with E-state index in [9.17, 15) is 4.79 Å². The number of amides is 1. The van der Waals surface area contributed by atoms with Crippen molar-refractivity contribution in [3.05, 3.63) is 46.9 Å². The van der Waals surface area contributed by atoms with Crippen molar-refractivity contribution in [2.45, 2.75) is 6.42 Å². The molecule has 1 saturated heterocycles. The third-order valence-corrected chi connectivity index (χ3v) is 4.85. The van der Waals surface area contributed by atoms with Crippen molar-refractivity contribution in [1.82, 2.24) is 10.3 Å². The topological polar surface area (TPSA) is 54.5 Å². The first-order chi connectivity index (χ1) is 11.8. The molecule has 6 heteroatoms. The van der Waals surface area contributed by atoms with E-state index in [0.717, 1.165) is 36.0 Å². The van der Waals surface area contributed by atoms with Gasteiger partial charge in [-0.25, -0.2) is 4.98 Å². The fourth-order valence-corrected chi connectivity index (χ4v) is 3.41. The summed E-state index contributed by atoms with van der Waals surface area (Å²) in [6.07, 6.45) is 6.09. The van der Waals surface area contributed by atoms with Gasteiger partial charge in [0, 0.05) is 37.3 Å². The Balaban J connectivity index is 1.49. The average molecular weight is 343 g/mol. The molecule has 1 aliphatic rings. The first kappa shape index (κ1) is 16.5. The molecule has 1 atom stereocenters. The Hall–Kier alpha value is -2.34. The molecule has 3 rings (SSSR count). The van der Waals surface area contributed by atoms with Crippen LogP contribution in [0.5, 0.6) is 5.75 Å². The number of carbonyl (C=O) groups excluding carboxylic acids is 1. The van der Waals surface area contributed by atoms with Crippen molar-refractivity contribution in [1.29, 1.82) is 0 Å². The summed E-state index contributed by atoms with van der Waals surface area (Å²) in [6, 6.07) is 8.06. The number of thiazole rings is 1. The molecule has 5 nitrogen and oxygen atoms in total. The summed E-state index contributed by atoms with van der Waals surface area (Å²) in [5.41, 5.74) is 1.12. The van der Waals surface area contributed by atoms with Gasteiger partial charge in [-0.05, 0) is 30.5 Å². The van der Waals surface area contributed by atoms with Crippen LogP contribution in [0.15, 0.2) is 41.9 Å². The smallest absolute Gasteiger partial charge is 0.244 e. The predicted molar refractivity (Wildman–Crippen MR) is 97.5 cm³/mol. The highest BCUT2D eigenvalue weighted by molar-refractivity contribution is 7.10. The Morgan fingerprint density at radius 3 is 3.17 bits per heavy atom. The quantitative estimate of drug-likeness (QED) is 0.820. The zero-order chi connectivity index (χ0) is 16.8. The number of ether oxygens (including phenoxy) is 1. The normalized spacial score (nSPS) is 17.4. The molecule has 1 aromatic heterocycles. The Morgan fingerprint density at radius 1 is 1.50 bits per heavy atom. The molecular weight excluding hydrogens is 322 g/mol. The van der Waals surface area contributed by atoms with E-state index in [0.29, 0.717) is 12.5 Å². The monoisotopic (exact) mass is 343 g/mol. The number of aromatic nitrogens is 1. The highest BCUT2D eigenvalue weighted by Crippen LogP contribution is 2.31. The fourth-order valence-electron chi connectivity index (χ4n) is 2.88. The largest absolute Gasteiger partial charge is 0.495 e. The lowest BCUT2D eigenvalue weighted by atomic mass is 10.1. The summed E-state index contributed by atoms with van der Waals surface area (Å²) in [5.74, 6) is 1.28. The van der Waals surface area contributed by atoms with Gasteiger partial charge in [-0.1, -0.05) is 12.1 Å². The van der Waals surface area contributed by atoms with E-state index in [1.54, 1.807) is 25.5 Å². The molecule has 0 aliphatic carbocycles. The molecule has 2 aromatic rings. The molecule has 1 aliphatic heterocycles. The van der Waals surface area contributed by atoms with Crippen molar-refractivity contribution >= 4 is 29.0 Å². The molecule has 1 fully saturated rings. The Labute approximate surface area is 146 Å². The van der Waals surface area contributed by atoms with E-state index in [-0.39, 0.29) is 5.91 Å². The predicted octanol–water partition coefficient (Wildman–Crippen LogP) is 2.81. The third-order valence-electron chi connectivity index (χ3n) is 4.11. The second kappa shape index (κ2) is 7.97. The van der Waals surface area contributed by atoms with Gasteiger partial charge in [0.25, 0.3) is 0 Å². The summed E-state index contributed by atoms with van der Waals surface area (Å²) < 4.78 is 5.43. The summed E-state index contributed by atoms with van der Waals surface area (Å²) in [7, 11) is 1.70. The lowest BCUT2D eigenvalue weighted by Crippen LogP contribution is -2.29. The average Bonchev–Trinajstić information content (AvgIpc) is 3.29. The number of para-hydroxylation sites is 2. The van der Waals surface area contributed by atoms with Crippen molar-refractivity contribution in [2.75, 3.05) is 31.6 Å². The van der Waals surface area contributed by atoms with Crippen LogP contribution in [-0.4, -0.2) is 37.6 Å². The van der Waals surface area contributed by atoms with E-state index in [4.69, 9.17) is 4.74 Å². The van der Waals surface area contributed by atoms with Crippen LogP contribution in [0.25, 0.3) is 6.08 Å². The zero-order valence-electron chi connectivity index (χ0n) is 13.6. The summed E-state index contributed by atoms with van der Waals surface area (Å²) >= 11 is 1.51. The summed E-state index contributed by atoms with van der Waals surface area (Å²) in [4.78, 5) is 18.3. The first-order valence-corrected chi connectivity index (χ1v) is 8.87. The SMILES string of the molecule is COc1ccccc1N1CCC(CNC(=O)/C=C/c2nccs2)C1. The number of anilines is 1.